The molecule has 2 aromatic rings. The van der Waals surface area contributed by atoms with Gasteiger partial charge in [0.2, 0.25) is 0 Å². The van der Waals surface area contributed by atoms with Gasteiger partial charge in [-0.25, -0.2) is 4.98 Å². The Hall–Kier alpha value is -1.62. The number of H-pyrrole nitrogens is 1. The molecular formula is C10H15N5. The molecule has 0 fully saturated rings. The summed E-state index contributed by atoms with van der Waals surface area (Å²) in [5.41, 5.74) is 8.51. The quantitative estimate of drug-likeness (QED) is 0.780. The molecule has 0 aliphatic carbocycles. The average molecular weight is 205 g/mol. The van der Waals surface area contributed by atoms with Gasteiger partial charge in [0.25, 0.3) is 0 Å². The van der Waals surface area contributed by atoms with Crippen LogP contribution in [0.3, 0.4) is 0 Å². The van der Waals surface area contributed by atoms with E-state index in [1.54, 1.807) is 6.20 Å². The minimum Gasteiger partial charge on any atom is -0.337 e. The van der Waals surface area contributed by atoms with E-state index in [1.165, 1.54) is 0 Å². The van der Waals surface area contributed by atoms with Gasteiger partial charge in [-0.15, -0.1) is 0 Å². The molecule has 0 atom stereocenters. The maximum absolute atomic E-state index is 5.45. The molecule has 2 aromatic heterocycles. The molecule has 0 radical (unpaired) electrons. The zero-order valence-corrected chi connectivity index (χ0v) is 8.77. The van der Waals surface area contributed by atoms with E-state index in [2.05, 4.69) is 19.7 Å². The minimum atomic E-state index is 0.707. The lowest BCUT2D eigenvalue weighted by molar-refractivity contribution is 0.650. The molecule has 0 aliphatic rings. The van der Waals surface area contributed by atoms with Gasteiger partial charge in [0, 0.05) is 24.0 Å². The molecule has 0 aromatic carbocycles. The zero-order valence-electron chi connectivity index (χ0n) is 8.77. The van der Waals surface area contributed by atoms with Gasteiger partial charge in [-0.1, -0.05) is 0 Å². The maximum atomic E-state index is 5.45. The van der Waals surface area contributed by atoms with E-state index in [9.17, 15) is 0 Å². The molecule has 0 bridgehead atoms. The van der Waals surface area contributed by atoms with E-state index in [-0.39, 0.29) is 0 Å². The smallest absolute Gasteiger partial charge is 0.0953 e. The molecule has 0 unspecified atom stereocenters. The van der Waals surface area contributed by atoms with Crippen LogP contribution in [0, 0.1) is 6.92 Å². The lowest BCUT2D eigenvalue weighted by atomic mass is 10.2. The predicted octanol–water partition coefficient (Wildman–Crippen LogP) is 0.930. The van der Waals surface area contributed by atoms with Crippen molar-refractivity contribution in [2.75, 3.05) is 6.54 Å². The summed E-state index contributed by atoms with van der Waals surface area (Å²) in [6.45, 7) is 3.61. The number of nitrogens with zero attached hydrogens (tertiary/aromatic N) is 3. The SMILES string of the molecule is Cc1[nH]ncc1-c1cn(CCCN)cn1. The van der Waals surface area contributed by atoms with Gasteiger partial charge in [0.05, 0.1) is 18.2 Å². The van der Waals surface area contributed by atoms with Crippen LogP contribution in [0.5, 0.6) is 0 Å². The fourth-order valence-electron chi connectivity index (χ4n) is 1.50. The van der Waals surface area contributed by atoms with Gasteiger partial charge in [-0.3, -0.25) is 5.10 Å². The lowest BCUT2D eigenvalue weighted by Gasteiger charge is -1.97. The first-order chi connectivity index (χ1) is 7.31. The van der Waals surface area contributed by atoms with Crippen molar-refractivity contribution in [3.8, 4) is 11.3 Å². The van der Waals surface area contributed by atoms with E-state index >= 15 is 0 Å². The average Bonchev–Trinajstić information content (AvgIpc) is 2.83. The number of aromatic nitrogens is 4. The van der Waals surface area contributed by atoms with Gasteiger partial charge < -0.3 is 10.3 Å². The summed E-state index contributed by atoms with van der Waals surface area (Å²) < 4.78 is 2.05. The van der Waals surface area contributed by atoms with Gasteiger partial charge in [-0.2, -0.15) is 5.10 Å². The van der Waals surface area contributed by atoms with Crippen LogP contribution in [0.15, 0.2) is 18.7 Å². The standard InChI is InChI=1S/C10H15N5/c1-8-9(5-13-14-8)10-6-15(7-12-10)4-2-3-11/h5-7H,2-4,11H2,1H3,(H,13,14). The summed E-state index contributed by atoms with van der Waals surface area (Å²) in [4.78, 5) is 4.33. The second-order valence-electron chi connectivity index (χ2n) is 3.55. The number of aryl methyl sites for hydroxylation is 2. The van der Waals surface area contributed by atoms with Gasteiger partial charge in [0.1, 0.15) is 0 Å². The highest BCUT2D eigenvalue weighted by Crippen LogP contribution is 2.18. The molecule has 2 rings (SSSR count). The van der Waals surface area contributed by atoms with Gasteiger partial charge >= 0.3 is 0 Å². The number of nitrogens with one attached hydrogen (secondary N) is 1. The van der Waals surface area contributed by atoms with Crippen LogP contribution in [-0.2, 0) is 6.54 Å². The van der Waals surface area contributed by atoms with Crippen molar-refractivity contribution < 1.29 is 0 Å². The van der Waals surface area contributed by atoms with Crippen LogP contribution < -0.4 is 5.73 Å². The van der Waals surface area contributed by atoms with E-state index in [0.717, 1.165) is 29.9 Å². The Kier molecular flexibility index (Phi) is 2.82. The van der Waals surface area contributed by atoms with Crippen molar-refractivity contribution in [2.24, 2.45) is 5.73 Å². The van der Waals surface area contributed by atoms with Gasteiger partial charge in [-0.05, 0) is 19.9 Å². The molecule has 5 heteroatoms. The first-order valence-corrected chi connectivity index (χ1v) is 5.03. The van der Waals surface area contributed by atoms with Crippen LogP contribution in [0.25, 0.3) is 11.3 Å². The third-order valence-electron chi connectivity index (χ3n) is 2.36. The Morgan fingerprint density at radius 2 is 2.40 bits per heavy atom. The topological polar surface area (TPSA) is 72.5 Å². The van der Waals surface area contributed by atoms with E-state index in [1.807, 2.05) is 19.4 Å². The molecule has 0 saturated carbocycles. The molecule has 0 saturated heterocycles. The van der Waals surface area contributed by atoms with Crippen molar-refractivity contribution in [3.63, 3.8) is 0 Å². The second kappa shape index (κ2) is 4.27. The minimum absolute atomic E-state index is 0.707. The number of aromatic amines is 1. The van der Waals surface area contributed by atoms with Crippen molar-refractivity contribution in [1.82, 2.24) is 19.7 Å². The maximum Gasteiger partial charge on any atom is 0.0953 e. The molecule has 5 nitrogen and oxygen atoms in total. The van der Waals surface area contributed by atoms with E-state index in [0.29, 0.717) is 6.54 Å². The summed E-state index contributed by atoms with van der Waals surface area (Å²) in [6.07, 6.45) is 6.62. The van der Waals surface area contributed by atoms with Crippen LogP contribution in [-0.4, -0.2) is 26.3 Å². The Morgan fingerprint density at radius 1 is 1.53 bits per heavy atom. The summed E-state index contributed by atoms with van der Waals surface area (Å²) >= 11 is 0. The Balaban J connectivity index is 2.17. The first kappa shape index (κ1) is 9.92. The van der Waals surface area contributed by atoms with Crippen molar-refractivity contribution >= 4 is 0 Å². The van der Waals surface area contributed by atoms with Gasteiger partial charge in [0.15, 0.2) is 0 Å². The van der Waals surface area contributed by atoms with Crippen molar-refractivity contribution in [1.29, 1.82) is 0 Å². The molecule has 0 spiro atoms. The first-order valence-electron chi connectivity index (χ1n) is 5.03. The Bertz CT molecular complexity index is 428. The summed E-state index contributed by atoms with van der Waals surface area (Å²) in [6, 6.07) is 0. The fourth-order valence-corrected chi connectivity index (χ4v) is 1.50. The summed E-state index contributed by atoms with van der Waals surface area (Å²) in [5, 5.41) is 6.88. The number of rotatable bonds is 4. The highest BCUT2D eigenvalue weighted by atomic mass is 15.1. The van der Waals surface area contributed by atoms with Crippen LogP contribution in [0.4, 0.5) is 0 Å². The summed E-state index contributed by atoms with van der Waals surface area (Å²) in [7, 11) is 0. The van der Waals surface area contributed by atoms with Crippen LogP contribution in [0.2, 0.25) is 0 Å². The third kappa shape index (κ3) is 2.07. The molecule has 3 N–H and O–H groups in total. The predicted molar refractivity (Wildman–Crippen MR) is 58.2 cm³/mol. The monoisotopic (exact) mass is 205 g/mol. The van der Waals surface area contributed by atoms with Crippen molar-refractivity contribution in [3.05, 3.63) is 24.4 Å². The normalized spacial score (nSPS) is 10.8. The number of nitrogens with two attached hydrogens (primary N) is 1. The summed E-state index contributed by atoms with van der Waals surface area (Å²) in [5.74, 6) is 0. The largest absolute Gasteiger partial charge is 0.337 e. The van der Waals surface area contributed by atoms with E-state index in [4.69, 9.17) is 5.73 Å². The Labute approximate surface area is 88.3 Å². The highest BCUT2D eigenvalue weighted by molar-refractivity contribution is 5.59. The van der Waals surface area contributed by atoms with E-state index < -0.39 is 0 Å². The molecular weight excluding hydrogens is 190 g/mol. The molecule has 15 heavy (non-hydrogen) atoms. The van der Waals surface area contributed by atoms with Crippen LogP contribution >= 0.6 is 0 Å². The highest BCUT2D eigenvalue weighted by Gasteiger charge is 2.06. The lowest BCUT2D eigenvalue weighted by Crippen LogP contribution is -2.03. The second-order valence-corrected chi connectivity index (χ2v) is 3.55. The third-order valence-corrected chi connectivity index (χ3v) is 2.36. The van der Waals surface area contributed by atoms with Crippen molar-refractivity contribution in [2.45, 2.75) is 19.9 Å². The number of imidazole rings is 1. The number of hydrogen-bond donors (Lipinski definition) is 2. The zero-order chi connectivity index (χ0) is 10.7. The molecule has 80 valence electrons. The molecule has 2 heterocycles. The fraction of sp³-hybridized carbons (Fsp3) is 0.400. The number of hydrogen-bond acceptors (Lipinski definition) is 3. The molecule has 0 aliphatic heterocycles. The Morgan fingerprint density at radius 3 is 3.07 bits per heavy atom. The molecule has 0 amide bonds. The van der Waals surface area contributed by atoms with Crippen LogP contribution in [0.1, 0.15) is 12.1 Å².